The standard InChI is InChI=1S/C5H12N2.2H3N/c1-7-4-2-6-3-5-7;;/h6H,2-5H2,1H3;2*1H3. The molecule has 9 heavy (non-hydrogen) atoms. The quantitative estimate of drug-likeness (QED) is 0.430. The molecule has 4 heteroatoms. The van der Waals surface area contributed by atoms with Crippen LogP contribution in [0.25, 0.3) is 0 Å². The van der Waals surface area contributed by atoms with Crippen molar-refractivity contribution in [1.82, 2.24) is 22.5 Å². The zero-order chi connectivity index (χ0) is 5.11. The summed E-state index contributed by atoms with van der Waals surface area (Å²) in [7, 11) is 2.15. The van der Waals surface area contributed by atoms with Crippen LogP contribution in [0.1, 0.15) is 0 Å². The van der Waals surface area contributed by atoms with Crippen molar-refractivity contribution in [3.05, 3.63) is 0 Å². The van der Waals surface area contributed by atoms with E-state index in [1.54, 1.807) is 0 Å². The molecule has 0 amide bonds. The van der Waals surface area contributed by atoms with Crippen molar-refractivity contribution < 1.29 is 0 Å². The Balaban J connectivity index is 0. The van der Waals surface area contributed by atoms with Gasteiger partial charge in [0.25, 0.3) is 0 Å². The Kier molecular flexibility index (Phi) is 7.70. The minimum atomic E-state index is 0. The molecule has 0 aromatic heterocycles. The normalized spacial score (nSPS) is 19.7. The maximum Gasteiger partial charge on any atom is 0.0104 e. The van der Waals surface area contributed by atoms with Crippen LogP contribution in [0.15, 0.2) is 0 Å². The Morgan fingerprint density at radius 2 is 1.56 bits per heavy atom. The zero-order valence-corrected chi connectivity index (χ0v) is 6.19. The van der Waals surface area contributed by atoms with Gasteiger partial charge in [0.15, 0.2) is 0 Å². The monoisotopic (exact) mass is 134 g/mol. The molecule has 0 radical (unpaired) electrons. The first-order valence-electron chi connectivity index (χ1n) is 2.79. The van der Waals surface area contributed by atoms with Crippen molar-refractivity contribution in [3.8, 4) is 0 Å². The van der Waals surface area contributed by atoms with Crippen molar-refractivity contribution in [2.24, 2.45) is 0 Å². The van der Waals surface area contributed by atoms with Crippen LogP contribution in [0.2, 0.25) is 0 Å². The van der Waals surface area contributed by atoms with E-state index < -0.39 is 0 Å². The van der Waals surface area contributed by atoms with Gasteiger partial charge in [-0.05, 0) is 7.05 Å². The van der Waals surface area contributed by atoms with Gasteiger partial charge in [-0.3, -0.25) is 0 Å². The van der Waals surface area contributed by atoms with Gasteiger partial charge in [-0.15, -0.1) is 0 Å². The third-order valence-electron chi connectivity index (χ3n) is 1.34. The van der Waals surface area contributed by atoms with Gasteiger partial charge >= 0.3 is 0 Å². The summed E-state index contributed by atoms with van der Waals surface area (Å²) < 4.78 is 0. The summed E-state index contributed by atoms with van der Waals surface area (Å²) in [5.41, 5.74) is 0. The first kappa shape index (κ1) is 11.6. The second-order valence-electron chi connectivity index (χ2n) is 2.05. The maximum absolute atomic E-state index is 3.27. The van der Waals surface area contributed by atoms with E-state index in [1.807, 2.05) is 0 Å². The molecular weight excluding hydrogens is 116 g/mol. The number of likely N-dealkylation sites (N-methyl/N-ethyl adjacent to an activating group) is 1. The summed E-state index contributed by atoms with van der Waals surface area (Å²) in [6.45, 7) is 4.74. The van der Waals surface area contributed by atoms with E-state index in [4.69, 9.17) is 0 Å². The number of hydrogen-bond donors (Lipinski definition) is 3. The first-order valence-corrected chi connectivity index (χ1v) is 2.79. The number of hydrogen-bond acceptors (Lipinski definition) is 4. The van der Waals surface area contributed by atoms with Crippen molar-refractivity contribution in [3.63, 3.8) is 0 Å². The van der Waals surface area contributed by atoms with Crippen LogP contribution in [0.5, 0.6) is 0 Å². The molecule has 58 valence electrons. The topological polar surface area (TPSA) is 85.3 Å². The Labute approximate surface area is 56.8 Å². The average Bonchev–Trinajstić information content (AvgIpc) is 1.69. The minimum Gasteiger partial charge on any atom is -0.344 e. The van der Waals surface area contributed by atoms with Crippen LogP contribution in [0, 0.1) is 0 Å². The molecule has 0 saturated carbocycles. The molecule has 0 atom stereocenters. The third kappa shape index (κ3) is 4.35. The molecule has 0 aromatic rings. The van der Waals surface area contributed by atoms with E-state index in [9.17, 15) is 0 Å². The van der Waals surface area contributed by atoms with Crippen LogP contribution in [-0.2, 0) is 0 Å². The smallest absolute Gasteiger partial charge is 0.0104 e. The second kappa shape index (κ2) is 5.97. The fourth-order valence-electron chi connectivity index (χ4n) is 0.777. The minimum absolute atomic E-state index is 0. The highest BCUT2D eigenvalue weighted by Crippen LogP contribution is 1.82. The van der Waals surface area contributed by atoms with E-state index >= 15 is 0 Å². The van der Waals surface area contributed by atoms with Crippen LogP contribution < -0.4 is 17.6 Å². The van der Waals surface area contributed by atoms with E-state index in [0.29, 0.717) is 0 Å². The number of nitrogens with zero attached hydrogens (tertiary/aromatic N) is 1. The van der Waals surface area contributed by atoms with Gasteiger partial charge in [0.1, 0.15) is 0 Å². The highest BCUT2D eigenvalue weighted by molar-refractivity contribution is 4.62. The number of rotatable bonds is 0. The van der Waals surface area contributed by atoms with Crippen molar-refractivity contribution >= 4 is 0 Å². The number of piperazine rings is 1. The van der Waals surface area contributed by atoms with Gasteiger partial charge in [0.2, 0.25) is 0 Å². The van der Waals surface area contributed by atoms with Crippen LogP contribution in [0.3, 0.4) is 0 Å². The SMILES string of the molecule is CN1CCNCC1.N.N. The molecule has 0 aliphatic carbocycles. The van der Waals surface area contributed by atoms with Crippen molar-refractivity contribution in [2.75, 3.05) is 33.2 Å². The van der Waals surface area contributed by atoms with Gasteiger partial charge in [-0.25, -0.2) is 0 Å². The van der Waals surface area contributed by atoms with Crippen LogP contribution in [-0.4, -0.2) is 38.1 Å². The molecule has 1 aliphatic heterocycles. The molecule has 7 N–H and O–H groups in total. The highest BCUT2D eigenvalue weighted by atomic mass is 15.2. The lowest BCUT2D eigenvalue weighted by molar-refractivity contribution is 0.291. The lowest BCUT2D eigenvalue weighted by Crippen LogP contribution is -2.40. The predicted molar refractivity (Wildman–Crippen MR) is 40.4 cm³/mol. The molecule has 4 nitrogen and oxygen atoms in total. The van der Waals surface area contributed by atoms with Gasteiger partial charge < -0.3 is 22.5 Å². The molecule has 1 rings (SSSR count). The second-order valence-corrected chi connectivity index (χ2v) is 2.05. The van der Waals surface area contributed by atoms with E-state index in [-0.39, 0.29) is 12.3 Å². The van der Waals surface area contributed by atoms with Gasteiger partial charge in [0.05, 0.1) is 0 Å². The molecule has 0 unspecified atom stereocenters. The van der Waals surface area contributed by atoms with Gasteiger partial charge in [-0.1, -0.05) is 0 Å². The summed E-state index contributed by atoms with van der Waals surface area (Å²) in [5.74, 6) is 0. The molecule has 1 saturated heterocycles. The van der Waals surface area contributed by atoms with Crippen molar-refractivity contribution in [1.29, 1.82) is 0 Å². The maximum atomic E-state index is 3.27. The zero-order valence-electron chi connectivity index (χ0n) is 6.19. The summed E-state index contributed by atoms with van der Waals surface area (Å²) in [6, 6.07) is 0. The highest BCUT2D eigenvalue weighted by Gasteiger charge is 2.01. The summed E-state index contributed by atoms with van der Waals surface area (Å²) in [6.07, 6.45) is 0. The van der Waals surface area contributed by atoms with Crippen LogP contribution >= 0.6 is 0 Å². The Morgan fingerprint density at radius 1 is 1.11 bits per heavy atom. The summed E-state index contributed by atoms with van der Waals surface area (Å²) in [4.78, 5) is 2.33. The fraction of sp³-hybridized carbons (Fsp3) is 1.00. The van der Waals surface area contributed by atoms with Crippen LogP contribution in [0.4, 0.5) is 0 Å². The molecule has 0 bridgehead atoms. The van der Waals surface area contributed by atoms with Gasteiger partial charge in [0, 0.05) is 26.2 Å². The first-order chi connectivity index (χ1) is 3.39. The Hall–Kier alpha value is -0.160. The average molecular weight is 134 g/mol. The van der Waals surface area contributed by atoms with E-state index in [0.717, 1.165) is 13.1 Å². The lowest BCUT2D eigenvalue weighted by atomic mass is 10.4. The van der Waals surface area contributed by atoms with Gasteiger partial charge in [-0.2, -0.15) is 0 Å². The fourth-order valence-corrected chi connectivity index (χ4v) is 0.777. The molecule has 0 spiro atoms. The predicted octanol–water partition coefficient (Wildman–Crippen LogP) is -0.155. The lowest BCUT2D eigenvalue weighted by Gasteiger charge is -2.21. The molecule has 1 fully saturated rings. The summed E-state index contributed by atoms with van der Waals surface area (Å²) >= 11 is 0. The van der Waals surface area contributed by atoms with Crippen molar-refractivity contribution in [2.45, 2.75) is 0 Å². The molecule has 1 heterocycles. The molecule has 1 aliphatic rings. The van der Waals surface area contributed by atoms with E-state index in [2.05, 4.69) is 17.3 Å². The number of nitrogens with one attached hydrogen (secondary N) is 1. The third-order valence-corrected chi connectivity index (χ3v) is 1.34. The van der Waals surface area contributed by atoms with E-state index in [1.165, 1.54) is 13.1 Å². The Bertz CT molecular complexity index is 50.9. The Morgan fingerprint density at radius 3 is 1.78 bits per heavy atom. The summed E-state index contributed by atoms with van der Waals surface area (Å²) in [5, 5.41) is 3.27. The largest absolute Gasteiger partial charge is 0.344 e. The molecular formula is C5H18N4. The molecule has 0 aromatic carbocycles.